The molecule has 9 rings (SSSR count). The van der Waals surface area contributed by atoms with E-state index in [2.05, 4.69) is 161 Å². The number of hydrogen-bond donors (Lipinski definition) is 0. The molecule has 0 radical (unpaired) electrons. The maximum absolute atomic E-state index is 2.47. The molecule has 2 aliphatic rings. The van der Waals surface area contributed by atoms with Crippen molar-refractivity contribution in [3.05, 3.63) is 152 Å². The van der Waals surface area contributed by atoms with Gasteiger partial charge < -0.3 is 9.80 Å². The van der Waals surface area contributed by atoms with Gasteiger partial charge in [0.05, 0.1) is 0 Å². The van der Waals surface area contributed by atoms with Gasteiger partial charge in [-0.25, -0.2) is 0 Å². The van der Waals surface area contributed by atoms with E-state index in [9.17, 15) is 0 Å². The molecule has 7 aromatic carbocycles. The SMILES string of the molecule is c1ccc(N2c3cccc4c3B(c3c2ccc2ccccc32)c2c(ccc3ccccc23)N4c2ccccc2)cc1. The van der Waals surface area contributed by atoms with Gasteiger partial charge in [-0.3, -0.25) is 0 Å². The van der Waals surface area contributed by atoms with Crippen molar-refractivity contribution >= 4 is 78.8 Å². The molecule has 3 heteroatoms. The summed E-state index contributed by atoms with van der Waals surface area (Å²) in [4.78, 5) is 4.94. The molecule has 0 bridgehead atoms. The van der Waals surface area contributed by atoms with Crippen molar-refractivity contribution in [2.75, 3.05) is 9.80 Å². The van der Waals surface area contributed by atoms with Crippen LogP contribution in [0.1, 0.15) is 0 Å². The van der Waals surface area contributed by atoms with E-state index in [1.807, 2.05) is 0 Å². The average molecular weight is 520 g/mol. The lowest BCUT2D eigenvalue weighted by Gasteiger charge is -2.44. The van der Waals surface area contributed by atoms with Crippen LogP contribution in [0.25, 0.3) is 21.5 Å². The van der Waals surface area contributed by atoms with Gasteiger partial charge in [-0.15, -0.1) is 0 Å². The molecule has 2 aliphatic heterocycles. The summed E-state index contributed by atoms with van der Waals surface area (Å²) in [6.45, 7) is 0.0864. The first-order chi connectivity index (χ1) is 20.4. The molecular formula is C38H25BN2. The van der Waals surface area contributed by atoms with E-state index in [0.717, 1.165) is 0 Å². The third kappa shape index (κ3) is 3.15. The highest BCUT2D eigenvalue weighted by Gasteiger charge is 2.44. The Morgan fingerprint density at radius 2 is 0.732 bits per heavy atom. The predicted molar refractivity (Wildman–Crippen MR) is 175 cm³/mol. The molecule has 2 heterocycles. The van der Waals surface area contributed by atoms with Crippen LogP contribution in [0, 0.1) is 0 Å². The van der Waals surface area contributed by atoms with E-state index >= 15 is 0 Å². The quantitative estimate of drug-likeness (QED) is 0.213. The van der Waals surface area contributed by atoms with Gasteiger partial charge in [0.1, 0.15) is 0 Å². The Labute approximate surface area is 239 Å². The van der Waals surface area contributed by atoms with Crippen LogP contribution in [0.2, 0.25) is 0 Å². The normalized spacial score (nSPS) is 13.2. The Morgan fingerprint density at radius 3 is 1.22 bits per heavy atom. The maximum atomic E-state index is 2.47. The summed E-state index contributed by atoms with van der Waals surface area (Å²) in [5.41, 5.74) is 11.4. The van der Waals surface area contributed by atoms with Crippen LogP contribution < -0.4 is 26.2 Å². The second kappa shape index (κ2) is 8.61. The summed E-state index contributed by atoms with van der Waals surface area (Å²) in [7, 11) is 0. The van der Waals surface area contributed by atoms with E-state index in [4.69, 9.17) is 0 Å². The number of anilines is 6. The molecule has 0 aliphatic carbocycles. The second-order valence-corrected chi connectivity index (χ2v) is 10.9. The number of fused-ring (bicyclic) bond motifs is 8. The number of hydrogen-bond acceptors (Lipinski definition) is 2. The molecular weight excluding hydrogens is 495 g/mol. The zero-order valence-corrected chi connectivity index (χ0v) is 22.4. The Bertz CT molecular complexity index is 1970. The van der Waals surface area contributed by atoms with E-state index in [0.29, 0.717) is 0 Å². The van der Waals surface area contributed by atoms with Crippen molar-refractivity contribution in [1.29, 1.82) is 0 Å². The molecule has 0 atom stereocenters. The molecule has 2 nitrogen and oxygen atoms in total. The second-order valence-electron chi connectivity index (χ2n) is 10.9. The summed E-state index contributed by atoms with van der Waals surface area (Å²) in [6.07, 6.45) is 0. The largest absolute Gasteiger partial charge is 0.311 e. The minimum Gasteiger partial charge on any atom is -0.311 e. The smallest absolute Gasteiger partial charge is 0.253 e. The predicted octanol–water partition coefficient (Wildman–Crippen LogP) is 8.08. The fraction of sp³-hybridized carbons (Fsp3) is 0. The maximum Gasteiger partial charge on any atom is 0.253 e. The highest BCUT2D eigenvalue weighted by atomic mass is 15.2. The average Bonchev–Trinajstić information content (AvgIpc) is 3.05. The van der Waals surface area contributed by atoms with Gasteiger partial charge in [-0.1, -0.05) is 103 Å². The van der Waals surface area contributed by atoms with Gasteiger partial charge in [-0.2, -0.15) is 0 Å². The molecule has 0 amide bonds. The van der Waals surface area contributed by atoms with Gasteiger partial charge in [0, 0.05) is 34.1 Å². The Kier molecular flexibility index (Phi) is 4.73. The monoisotopic (exact) mass is 520 g/mol. The summed E-state index contributed by atoms with van der Waals surface area (Å²) < 4.78 is 0. The highest BCUT2D eigenvalue weighted by molar-refractivity contribution is 7.02. The van der Waals surface area contributed by atoms with Crippen molar-refractivity contribution in [2.45, 2.75) is 0 Å². The molecule has 0 fully saturated rings. The van der Waals surface area contributed by atoms with Crippen molar-refractivity contribution in [3.63, 3.8) is 0 Å². The number of rotatable bonds is 2. The molecule has 0 N–H and O–H groups in total. The third-order valence-corrected chi connectivity index (χ3v) is 8.81. The summed E-state index contributed by atoms with van der Waals surface area (Å²) >= 11 is 0. The summed E-state index contributed by atoms with van der Waals surface area (Å²) in [6, 6.07) is 55.4. The first kappa shape index (κ1) is 22.5. The number of nitrogens with zero attached hydrogens (tertiary/aromatic N) is 2. The lowest BCUT2D eigenvalue weighted by molar-refractivity contribution is 1.26. The van der Waals surface area contributed by atoms with Crippen molar-refractivity contribution < 1.29 is 0 Å². The minimum atomic E-state index is 0.0864. The Hall–Kier alpha value is -5.28. The van der Waals surface area contributed by atoms with Crippen molar-refractivity contribution in [1.82, 2.24) is 0 Å². The van der Waals surface area contributed by atoms with E-state index in [-0.39, 0.29) is 6.71 Å². The zero-order valence-electron chi connectivity index (χ0n) is 22.4. The van der Waals surface area contributed by atoms with Gasteiger partial charge in [0.25, 0.3) is 6.71 Å². The zero-order chi connectivity index (χ0) is 26.9. The number of benzene rings is 7. The van der Waals surface area contributed by atoms with Crippen LogP contribution >= 0.6 is 0 Å². The third-order valence-electron chi connectivity index (χ3n) is 8.81. The van der Waals surface area contributed by atoms with Gasteiger partial charge in [0.15, 0.2) is 0 Å². The lowest BCUT2D eigenvalue weighted by Crippen LogP contribution is -2.61. The van der Waals surface area contributed by atoms with Crippen LogP contribution in [0.5, 0.6) is 0 Å². The van der Waals surface area contributed by atoms with Crippen molar-refractivity contribution in [2.24, 2.45) is 0 Å². The molecule has 0 unspecified atom stereocenters. The molecule has 0 aromatic heterocycles. The van der Waals surface area contributed by atoms with Crippen LogP contribution in [-0.4, -0.2) is 6.71 Å². The van der Waals surface area contributed by atoms with Crippen LogP contribution in [0.15, 0.2) is 152 Å². The Balaban J connectivity index is 1.48. The van der Waals surface area contributed by atoms with E-state index in [1.165, 1.54) is 72.1 Å². The molecule has 0 saturated heterocycles. The first-order valence-electron chi connectivity index (χ1n) is 14.2. The van der Waals surface area contributed by atoms with Gasteiger partial charge in [-0.05, 0) is 86.5 Å². The van der Waals surface area contributed by atoms with Crippen LogP contribution in [-0.2, 0) is 0 Å². The standard InChI is InChI=1S/C38H25BN2/c1-3-14-28(15-4-1)40-32-20-11-21-33-38(32)39(36-30-18-9-7-12-26(30)22-24-34(36)40)37-31-19-10-8-13-27(31)23-25-35(37)41(33)29-16-5-2-6-17-29/h1-25H. The Morgan fingerprint density at radius 1 is 0.317 bits per heavy atom. The highest BCUT2D eigenvalue weighted by Crippen LogP contribution is 2.45. The minimum absolute atomic E-state index is 0.0864. The summed E-state index contributed by atoms with van der Waals surface area (Å²) in [5, 5.41) is 5.16. The topological polar surface area (TPSA) is 6.48 Å². The molecule has 7 aromatic rings. The van der Waals surface area contributed by atoms with Gasteiger partial charge in [0.2, 0.25) is 0 Å². The van der Waals surface area contributed by atoms with Gasteiger partial charge >= 0.3 is 0 Å². The molecule has 0 saturated carbocycles. The van der Waals surface area contributed by atoms with E-state index in [1.54, 1.807) is 0 Å². The fourth-order valence-corrected chi connectivity index (χ4v) is 7.19. The molecule has 0 spiro atoms. The lowest BCUT2D eigenvalue weighted by atomic mass is 9.32. The van der Waals surface area contributed by atoms with E-state index < -0.39 is 0 Å². The first-order valence-corrected chi connectivity index (χ1v) is 14.2. The summed E-state index contributed by atoms with van der Waals surface area (Å²) in [5.74, 6) is 0. The molecule has 190 valence electrons. The number of para-hydroxylation sites is 2. The van der Waals surface area contributed by atoms with Crippen LogP contribution in [0.4, 0.5) is 34.1 Å². The molecule has 41 heavy (non-hydrogen) atoms. The van der Waals surface area contributed by atoms with Crippen LogP contribution in [0.3, 0.4) is 0 Å². The fourth-order valence-electron chi connectivity index (χ4n) is 7.19. The van der Waals surface area contributed by atoms with Crippen molar-refractivity contribution in [3.8, 4) is 0 Å².